The van der Waals surface area contributed by atoms with Gasteiger partial charge < -0.3 is 11.1 Å². The van der Waals surface area contributed by atoms with Gasteiger partial charge in [-0.2, -0.15) is 5.10 Å². The van der Waals surface area contributed by atoms with E-state index in [2.05, 4.69) is 32.3 Å². The molecule has 0 spiro atoms. The summed E-state index contributed by atoms with van der Waals surface area (Å²) in [6.07, 6.45) is 7.36. The second kappa shape index (κ2) is 10.5. The van der Waals surface area contributed by atoms with Crippen molar-refractivity contribution in [1.29, 1.82) is 0 Å². The molecular weight excluding hydrogens is 516 g/mol. The number of carbonyl (C=O) groups is 1. The second-order valence-corrected chi connectivity index (χ2v) is 9.62. The van der Waals surface area contributed by atoms with E-state index in [9.17, 15) is 9.59 Å². The number of hydrogen-bond donors (Lipinski definition) is 3. The van der Waals surface area contributed by atoms with Crippen LogP contribution < -0.4 is 21.1 Å². The monoisotopic (exact) mass is 543 g/mol. The molecule has 0 aliphatic heterocycles. The zero-order chi connectivity index (χ0) is 28.5. The summed E-state index contributed by atoms with van der Waals surface area (Å²) >= 11 is 0. The van der Waals surface area contributed by atoms with Crippen molar-refractivity contribution in [1.82, 2.24) is 29.7 Å². The molecule has 0 saturated heterocycles. The van der Waals surface area contributed by atoms with Crippen LogP contribution in [0.5, 0.6) is 0 Å². The number of amides is 1. The Hall–Kier alpha value is -5.69. The summed E-state index contributed by atoms with van der Waals surface area (Å²) in [6, 6.07) is 18.1. The van der Waals surface area contributed by atoms with Crippen LogP contribution in [0.1, 0.15) is 46.6 Å². The first-order chi connectivity index (χ1) is 19.9. The second-order valence-electron chi connectivity index (χ2n) is 9.62. The number of nitrogens with one attached hydrogen (secondary N) is 2. The van der Waals surface area contributed by atoms with Gasteiger partial charge in [0.05, 0.1) is 23.2 Å². The minimum atomic E-state index is -0.511. The molecule has 2 aromatic carbocycles. The number of nitrogens with zero attached hydrogens (tertiary/aromatic N) is 5. The van der Waals surface area contributed by atoms with E-state index in [1.165, 1.54) is 0 Å². The summed E-state index contributed by atoms with van der Waals surface area (Å²) in [7, 11) is 1.83. The van der Waals surface area contributed by atoms with Crippen molar-refractivity contribution >= 4 is 28.1 Å². The number of fused-ring (bicyclic) bond motifs is 2. The smallest absolute Gasteiger partial charge is 0.362 e. The normalized spacial score (nSPS) is 11.8. The van der Waals surface area contributed by atoms with Gasteiger partial charge in [-0.25, -0.2) is 5.10 Å². The third-order valence-electron chi connectivity index (χ3n) is 6.91. The Bertz CT molecular complexity index is 2040. The van der Waals surface area contributed by atoms with Gasteiger partial charge in [0.1, 0.15) is 12.4 Å². The Labute approximate surface area is 235 Å². The van der Waals surface area contributed by atoms with Crippen LogP contribution in [0.15, 0.2) is 90.2 Å². The zero-order valence-electron chi connectivity index (χ0n) is 22.5. The number of anilines is 1. The molecular formula is C31H27N8O2+. The first-order valence-electron chi connectivity index (χ1n) is 13.1. The van der Waals surface area contributed by atoms with Gasteiger partial charge in [-0.1, -0.05) is 49.1 Å². The maximum atomic E-state index is 14.3. The van der Waals surface area contributed by atoms with Crippen molar-refractivity contribution in [2.45, 2.75) is 19.4 Å². The van der Waals surface area contributed by atoms with Crippen LogP contribution in [0.4, 0.5) is 5.82 Å². The lowest BCUT2D eigenvalue weighted by molar-refractivity contribution is -0.577. The molecule has 0 bridgehead atoms. The van der Waals surface area contributed by atoms with E-state index in [-0.39, 0.29) is 16.9 Å². The molecule has 0 aliphatic rings. The Morgan fingerprint density at radius 3 is 2.73 bits per heavy atom. The number of carbonyl (C=O) groups excluding carboxylic acids is 1. The van der Waals surface area contributed by atoms with Crippen molar-refractivity contribution < 1.29 is 9.31 Å². The van der Waals surface area contributed by atoms with Crippen molar-refractivity contribution in [2.75, 3.05) is 5.73 Å². The van der Waals surface area contributed by atoms with E-state index in [1.54, 1.807) is 38.4 Å². The van der Waals surface area contributed by atoms with Crippen LogP contribution in [0.3, 0.4) is 0 Å². The van der Waals surface area contributed by atoms with Crippen molar-refractivity contribution in [3.63, 3.8) is 0 Å². The number of benzene rings is 2. The summed E-state index contributed by atoms with van der Waals surface area (Å²) < 4.78 is 4.92. The minimum absolute atomic E-state index is 0.201. The molecule has 0 aliphatic carbocycles. The Morgan fingerprint density at radius 1 is 1.15 bits per heavy atom. The predicted molar refractivity (Wildman–Crippen MR) is 155 cm³/mol. The fourth-order valence-electron chi connectivity index (χ4n) is 5.00. The molecule has 4 aromatic heterocycles. The maximum absolute atomic E-state index is 14.3. The Morgan fingerprint density at radius 2 is 1.98 bits per heavy atom. The molecule has 10 nitrogen and oxygen atoms in total. The molecule has 1 amide bonds. The van der Waals surface area contributed by atoms with E-state index >= 15 is 0 Å². The molecule has 1 atom stereocenters. The van der Waals surface area contributed by atoms with Crippen LogP contribution in [0.25, 0.3) is 22.1 Å². The number of H-pyrrole nitrogens is 1. The molecule has 4 N–H and O–H groups in total. The standard InChI is InChI=1S/C31H26N8O2/c1-3-24(35-30(40)27-28(32)36-38-16-8-15-33-29(27)38)25-17-22-10-7-9-21(14-13-20-18-34-37(2)19-20)26(22)31(41)39(25)23-11-5-4-6-12-23/h4-12,15-19,24H,3H2,1-2H3,(H3,32,35,36,40)/p+1. The van der Waals surface area contributed by atoms with Gasteiger partial charge in [0.15, 0.2) is 11.4 Å². The van der Waals surface area contributed by atoms with Gasteiger partial charge in [-0.05, 0) is 41.1 Å². The zero-order valence-corrected chi connectivity index (χ0v) is 22.5. The van der Waals surface area contributed by atoms with Crippen molar-refractivity contribution in [3.8, 4) is 17.5 Å². The van der Waals surface area contributed by atoms with Gasteiger partial charge in [0, 0.05) is 36.3 Å². The average Bonchev–Trinajstić information content (AvgIpc) is 3.56. The number of rotatable bonds is 5. The summed E-state index contributed by atoms with van der Waals surface area (Å²) in [4.78, 5) is 32.2. The molecule has 6 aromatic rings. The minimum Gasteiger partial charge on any atom is -0.382 e. The van der Waals surface area contributed by atoms with Crippen LogP contribution in [-0.2, 0) is 7.05 Å². The molecule has 0 fully saturated rings. The number of para-hydroxylation sites is 1. The largest absolute Gasteiger partial charge is 0.382 e. The quantitative estimate of drug-likeness (QED) is 0.228. The number of aryl methyl sites for hydroxylation is 1. The lowest BCUT2D eigenvalue weighted by Gasteiger charge is -2.23. The maximum Gasteiger partial charge on any atom is 0.362 e. The lowest BCUT2D eigenvalue weighted by Crippen LogP contribution is -2.34. The van der Waals surface area contributed by atoms with Crippen LogP contribution in [-0.4, -0.2) is 30.3 Å². The average molecular weight is 544 g/mol. The molecule has 4 heterocycles. The fourth-order valence-corrected chi connectivity index (χ4v) is 5.00. The van der Waals surface area contributed by atoms with Crippen molar-refractivity contribution in [2.24, 2.45) is 7.05 Å². The number of pyridine rings is 1. The molecule has 1 unspecified atom stereocenters. The molecule has 10 heteroatoms. The number of aromatic amines is 1. The van der Waals surface area contributed by atoms with E-state index in [1.807, 2.05) is 74.8 Å². The third-order valence-corrected chi connectivity index (χ3v) is 6.91. The number of nitrogens with two attached hydrogens (primary N) is 1. The fraction of sp³-hybridized carbons (Fsp3) is 0.129. The predicted octanol–water partition coefficient (Wildman–Crippen LogP) is 3.05. The number of nitrogen functional groups attached to an aromatic ring is 1. The molecule has 0 saturated carbocycles. The third kappa shape index (κ3) is 4.70. The van der Waals surface area contributed by atoms with E-state index < -0.39 is 11.9 Å². The van der Waals surface area contributed by atoms with Gasteiger partial charge in [-0.3, -0.25) is 18.8 Å². The molecule has 0 radical (unpaired) electrons. The van der Waals surface area contributed by atoms with Gasteiger partial charge in [0.2, 0.25) is 0 Å². The molecule has 202 valence electrons. The SMILES string of the molecule is CCC(NC(=O)c1c(N)[nH][n+]2cccnc12)c1cc2cccc(C#Cc3cnn(C)c3)c2c(=O)n1-c1ccccc1. The van der Waals surface area contributed by atoms with E-state index in [0.717, 1.165) is 10.9 Å². The topological polar surface area (TPSA) is 128 Å². The van der Waals surface area contributed by atoms with Crippen molar-refractivity contribution in [3.05, 3.63) is 118 Å². The van der Waals surface area contributed by atoms with E-state index in [4.69, 9.17) is 5.73 Å². The highest BCUT2D eigenvalue weighted by Crippen LogP contribution is 2.26. The summed E-state index contributed by atoms with van der Waals surface area (Å²) in [5.41, 5.74) is 9.28. The highest BCUT2D eigenvalue weighted by Gasteiger charge is 2.28. The first kappa shape index (κ1) is 25.6. The first-order valence-corrected chi connectivity index (χ1v) is 13.1. The van der Waals surface area contributed by atoms with E-state index in [0.29, 0.717) is 34.4 Å². The molecule has 6 rings (SSSR count). The van der Waals surface area contributed by atoms with Gasteiger partial charge >= 0.3 is 5.65 Å². The Balaban J connectivity index is 1.50. The summed E-state index contributed by atoms with van der Waals surface area (Å²) in [5, 5.41) is 11.4. The summed E-state index contributed by atoms with van der Waals surface area (Å²) in [6.45, 7) is 1.95. The highest BCUT2D eigenvalue weighted by atomic mass is 16.2. The Kier molecular flexibility index (Phi) is 6.53. The highest BCUT2D eigenvalue weighted by molar-refractivity contribution is 6.03. The van der Waals surface area contributed by atoms with Crippen LogP contribution in [0.2, 0.25) is 0 Å². The van der Waals surface area contributed by atoms with Crippen LogP contribution in [0, 0.1) is 11.8 Å². The number of aromatic nitrogens is 6. The van der Waals surface area contributed by atoms with Crippen LogP contribution >= 0.6 is 0 Å². The lowest BCUT2D eigenvalue weighted by atomic mass is 10.0. The van der Waals surface area contributed by atoms with Gasteiger partial charge in [0.25, 0.3) is 11.5 Å². The number of hydrogen-bond acceptors (Lipinski definition) is 5. The molecule has 41 heavy (non-hydrogen) atoms. The van der Waals surface area contributed by atoms with Gasteiger partial charge in [-0.15, -0.1) is 4.52 Å². The summed E-state index contributed by atoms with van der Waals surface area (Å²) in [5.74, 6) is 6.08.